The maximum absolute atomic E-state index is 5.84. The summed E-state index contributed by atoms with van der Waals surface area (Å²) in [4.78, 5) is 0. The Bertz CT molecular complexity index is 551. The molecule has 0 fully saturated rings. The molecule has 0 bridgehead atoms. The van der Waals surface area contributed by atoms with Gasteiger partial charge in [-0.2, -0.15) is 5.10 Å². The van der Waals surface area contributed by atoms with Crippen molar-refractivity contribution >= 4 is 17.3 Å². The maximum Gasteiger partial charge on any atom is 0.142 e. The molecule has 96 valence electrons. The molecule has 0 aliphatic carbocycles. The van der Waals surface area contributed by atoms with Gasteiger partial charge in [-0.3, -0.25) is 4.68 Å². The molecule has 0 aliphatic rings. The van der Waals surface area contributed by atoms with E-state index in [4.69, 9.17) is 22.1 Å². The molecule has 5 heteroatoms. The predicted molar refractivity (Wildman–Crippen MR) is 72.8 cm³/mol. The normalized spacial score (nSPS) is 10.6. The third-order valence-corrected chi connectivity index (χ3v) is 2.87. The molecule has 0 atom stereocenters. The van der Waals surface area contributed by atoms with Gasteiger partial charge in [0.25, 0.3) is 0 Å². The summed E-state index contributed by atoms with van der Waals surface area (Å²) in [6, 6.07) is 7.22. The maximum atomic E-state index is 5.84. The fourth-order valence-corrected chi connectivity index (χ4v) is 1.97. The van der Waals surface area contributed by atoms with Crippen LogP contribution in [0.4, 0.5) is 5.69 Å². The molecule has 1 heterocycles. The van der Waals surface area contributed by atoms with Gasteiger partial charge in [0.1, 0.15) is 12.4 Å². The lowest BCUT2D eigenvalue weighted by Crippen LogP contribution is -2.06. The molecule has 0 unspecified atom stereocenters. The van der Waals surface area contributed by atoms with Crippen LogP contribution in [0.25, 0.3) is 0 Å². The summed E-state index contributed by atoms with van der Waals surface area (Å²) in [5.74, 6) is 0.640. The summed E-state index contributed by atoms with van der Waals surface area (Å²) in [7, 11) is 0. The van der Waals surface area contributed by atoms with Gasteiger partial charge in [0, 0.05) is 11.6 Å². The molecular formula is C13H16ClN3O. The Morgan fingerprint density at radius 3 is 2.83 bits per heavy atom. The largest absolute Gasteiger partial charge is 0.485 e. The Hall–Kier alpha value is -1.68. The lowest BCUT2D eigenvalue weighted by molar-refractivity contribution is 0.294. The number of hydrogen-bond acceptors (Lipinski definition) is 3. The second kappa shape index (κ2) is 5.31. The number of aromatic nitrogens is 2. The van der Waals surface area contributed by atoms with E-state index in [0.717, 1.165) is 17.9 Å². The first kappa shape index (κ1) is 12.8. The molecule has 4 nitrogen and oxygen atoms in total. The lowest BCUT2D eigenvalue weighted by atomic mass is 10.3. The average Bonchev–Trinajstić information content (AvgIpc) is 2.68. The van der Waals surface area contributed by atoms with Gasteiger partial charge >= 0.3 is 0 Å². The van der Waals surface area contributed by atoms with E-state index in [1.165, 1.54) is 0 Å². The van der Waals surface area contributed by atoms with E-state index in [0.29, 0.717) is 23.1 Å². The van der Waals surface area contributed by atoms with Crippen molar-refractivity contribution in [1.29, 1.82) is 0 Å². The standard InChI is InChI=1S/C13H16ClN3O/c1-3-17-11(6-9(2)16-17)8-18-13-5-4-10(14)7-12(13)15/h4-7H,3,8,15H2,1-2H3. The van der Waals surface area contributed by atoms with E-state index in [2.05, 4.69) is 5.10 Å². The monoisotopic (exact) mass is 265 g/mol. The van der Waals surface area contributed by atoms with Gasteiger partial charge < -0.3 is 10.5 Å². The van der Waals surface area contributed by atoms with Crippen LogP contribution >= 0.6 is 11.6 Å². The number of rotatable bonds is 4. The third kappa shape index (κ3) is 2.76. The minimum atomic E-state index is 0.445. The van der Waals surface area contributed by atoms with Crippen molar-refractivity contribution in [3.8, 4) is 5.75 Å². The smallest absolute Gasteiger partial charge is 0.142 e. The molecule has 2 N–H and O–H groups in total. The van der Waals surface area contributed by atoms with E-state index < -0.39 is 0 Å². The van der Waals surface area contributed by atoms with Crippen LogP contribution in [-0.2, 0) is 13.2 Å². The Morgan fingerprint density at radius 1 is 1.39 bits per heavy atom. The lowest BCUT2D eigenvalue weighted by Gasteiger charge is -2.09. The van der Waals surface area contributed by atoms with Gasteiger partial charge in [0.2, 0.25) is 0 Å². The zero-order valence-electron chi connectivity index (χ0n) is 10.5. The highest BCUT2D eigenvalue weighted by Crippen LogP contribution is 2.25. The second-order valence-electron chi connectivity index (χ2n) is 4.06. The topological polar surface area (TPSA) is 53.1 Å². The van der Waals surface area contributed by atoms with Crippen LogP contribution in [0.15, 0.2) is 24.3 Å². The molecule has 1 aromatic carbocycles. The highest BCUT2D eigenvalue weighted by atomic mass is 35.5. The molecule has 2 rings (SSSR count). The van der Waals surface area contributed by atoms with E-state index in [1.807, 2.05) is 24.6 Å². The molecule has 0 spiro atoms. The van der Waals surface area contributed by atoms with Crippen LogP contribution in [-0.4, -0.2) is 9.78 Å². The average molecular weight is 266 g/mol. The van der Waals surface area contributed by atoms with Crippen molar-refractivity contribution in [3.05, 3.63) is 40.7 Å². The predicted octanol–water partition coefficient (Wildman–Crippen LogP) is 3.03. The van der Waals surface area contributed by atoms with Crippen molar-refractivity contribution < 1.29 is 4.74 Å². The summed E-state index contributed by atoms with van der Waals surface area (Å²) in [6.07, 6.45) is 0. The number of benzene rings is 1. The number of ether oxygens (including phenoxy) is 1. The first-order valence-electron chi connectivity index (χ1n) is 5.81. The summed E-state index contributed by atoms with van der Waals surface area (Å²) in [6.45, 7) is 5.28. The quantitative estimate of drug-likeness (QED) is 0.865. The van der Waals surface area contributed by atoms with Gasteiger partial charge in [-0.05, 0) is 38.1 Å². The zero-order valence-corrected chi connectivity index (χ0v) is 11.2. The summed E-state index contributed by atoms with van der Waals surface area (Å²) in [5, 5.41) is 4.97. The molecule has 18 heavy (non-hydrogen) atoms. The Labute approximate surface area is 111 Å². The molecule has 0 saturated carbocycles. The minimum absolute atomic E-state index is 0.445. The van der Waals surface area contributed by atoms with Gasteiger partial charge in [0.05, 0.1) is 17.1 Å². The first-order chi connectivity index (χ1) is 8.60. The van der Waals surface area contributed by atoms with Gasteiger partial charge in [-0.25, -0.2) is 0 Å². The first-order valence-corrected chi connectivity index (χ1v) is 6.19. The van der Waals surface area contributed by atoms with Gasteiger partial charge in [0.15, 0.2) is 0 Å². The van der Waals surface area contributed by atoms with E-state index in [9.17, 15) is 0 Å². The Morgan fingerprint density at radius 2 is 2.17 bits per heavy atom. The molecule has 0 radical (unpaired) electrons. The number of anilines is 1. The van der Waals surface area contributed by atoms with E-state index >= 15 is 0 Å². The van der Waals surface area contributed by atoms with E-state index in [1.54, 1.807) is 18.2 Å². The van der Waals surface area contributed by atoms with Crippen molar-refractivity contribution in [3.63, 3.8) is 0 Å². The number of nitrogen functional groups attached to an aromatic ring is 1. The number of hydrogen-bond donors (Lipinski definition) is 1. The van der Waals surface area contributed by atoms with Crippen molar-refractivity contribution in [1.82, 2.24) is 9.78 Å². The van der Waals surface area contributed by atoms with Crippen molar-refractivity contribution in [2.75, 3.05) is 5.73 Å². The summed E-state index contributed by atoms with van der Waals surface area (Å²) in [5.41, 5.74) is 8.39. The molecule has 0 amide bonds. The third-order valence-electron chi connectivity index (χ3n) is 2.63. The van der Waals surface area contributed by atoms with Crippen LogP contribution in [0.5, 0.6) is 5.75 Å². The number of aryl methyl sites for hydroxylation is 2. The van der Waals surface area contributed by atoms with E-state index in [-0.39, 0.29) is 0 Å². The minimum Gasteiger partial charge on any atom is -0.485 e. The molecule has 1 aromatic heterocycles. The fraction of sp³-hybridized carbons (Fsp3) is 0.308. The van der Waals surface area contributed by atoms with Crippen molar-refractivity contribution in [2.45, 2.75) is 27.0 Å². The molecular weight excluding hydrogens is 250 g/mol. The van der Waals surface area contributed by atoms with Crippen LogP contribution in [0, 0.1) is 6.92 Å². The Balaban J connectivity index is 2.11. The van der Waals surface area contributed by atoms with Crippen molar-refractivity contribution in [2.24, 2.45) is 0 Å². The fourth-order valence-electron chi connectivity index (χ4n) is 1.79. The second-order valence-corrected chi connectivity index (χ2v) is 4.50. The highest BCUT2D eigenvalue weighted by molar-refractivity contribution is 6.30. The van der Waals surface area contributed by atoms with Gasteiger partial charge in [-0.1, -0.05) is 11.6 Å². The van der Waals surface area contributed by atoms with Crippen LogP contribution in [0.2, 0.25) is 5.02 Å². The number of nitrogens with two attached hydrogens (primary N) is 1. The Kier molecular flexibility index (Phi) is 3.77. The van der Waals surface area contributed by atoms with Crippen LogP contribution in [0.3, 0.4) is 0 Å². The number of nitrogens with zero attached hydrogens (tertiary/aromatic N) is 2. The molecule has 0 aliphatic heterocycles. The molecule has 2 aromatic rings. The SMILES string of the molecule is CCn1nc(C)cc1COc1ccc(Cl)cc1N. The van der Waals surface area contributed by atoms with Crippen LogP contribution in [0.1, 0.15) is 18.3 Å². The molecule has 0 saturated heterocycles. The number of halogens is 1. The summed E-state index contributed by atoms with van der Waals surface area (Å²) >= 11 is 5.84. The van der Waals surface area contributed by atoms with Crippen LogP contribution < -0.4 is 10.5 Å². The zero-order chi connectivity index (χ0) is 13.1. The summed E-state index contributed by atoms with van der Waals surface area (Å²) < 4.78 is 7.61. The van der Waals surface area contributed by atoms with Gasteiger partial charge in [-0.15, -0.1) is 0 Å². The highest BCUT2D eigenvalue weighted by Gasteiger charge is 2.06.